The third-order valence-electron chi connectivity index (χ3n) is 6.14. The van der Waals surface area contributed by atoms with E-state index in [0.717, 1.165) is 37.6 Å². The van der Waals surface area contributed by atoms with Crippen LogP contribution in [0.4, 0.5) is 18.9 Å². The topological polar surface area (TPSA) is 26.8 Å². The number of anilines is 1. The predicted octanol–water partition coefficient (Wildman–Crippen LogP) is 3.87. The second kappa shape index (κ2) is 9.66. The molecule has 7 heteroatoms. The third-order valence-corrected chi connectivity index (χ3v) is 6.14. The number of piperazine rings is 1. The lowest BCUT2D eigenvalue weighted by Crippen LogP contribution is -2.55. The molecule has 4 nitrogen and oxygen atoms in total. The van der Waals surface area contributed by atoms with Crippen LogP contribution in [-0.2, 0) is 11.0 Å². The average molecular weight is 441 g/mol. The molecule has 2 aliphatic heterocycles. The average Bonchev–Trinajstić information content (AvgIpc) is 2.83. The Kier molecular flexibility index (Phi) is 6.71. The van der Waals surface area contributed by atoms with Gasteiger partial charge in [-0.15, -0.1) is 0 Å². The lowest BCUT2D eigenvalue weighted by molar-refractivity contribution is -0.137. The molecule has 2 fully saturated rings. The first-order valence-corrected chi connectivity index (χ1v) is 10.9. The molecule has 1 atom stereocenters. The fourth-order valence-corrected chi connectivity index (χ4v) is 4.39. The van der Waals surface area contributed by atoms with Crippen LogP contribution < -0.4 is 4.90 Å². The van der Waals surface area contributed by atoms with E-state index in [2.05, 4.69) is 16.7 Å². The van der Waals surface area contributed by atoms with E-state index in [4.69, 9.17) is 0 Å². The maximum atomic E-state index is 13.0. The Morgan fingerprint density at radius 3 is 2.41 bits per heavy atom. The summed E-state index contributed by atoms with van der Waals surface area (Å²) in [5, 5.41) is 0. The Bertz CT molecular complexity index is 989. The first-order valence-electron chi connectivity index (χ1n) is 10.9. The Morgan fingerprint density at radius 1 is 0.938 bits per heavy atom. The van der Waals surface area contributed by atoms with Crippen LogP contribution in [-0.4, -0.2) is 61.0 Å². The summed E-state index contributed by atoms with van der Waals surface area (Å²) >= 11 is 0. The molecule has 2 heterocycles. The van der Waals surface area contributed by atoms with Crippen LogP contribution in [0.3, 0.4) is 0 Å². The minimum absolute atomic E-state index is 0.152. The molecule has 0 aliphatic carbocycles. The number of piperidine rings is 1. The van der Waals surface area contributed by atoms with Crippen molar-refractivity contribution in [3.8, 4) is 11.8 Å². The third kappa shape index (κ3) is 5.43. The molecule has 32 heavy (non-hydrogen) atoms. The van der Waals surface area contributed by atoms with Gasteiger partial charge in [0.05, 0.1) is 5.56 Å². The van der Waals surface area contributed by atoms with E-state index in [-0.39, 0.29) is 11.9 Å². The number of carbonyl (C=O) groups excluding carboxylic acids is 1. The number of amides is 1. The maximum Gasteiger partial charge on any atom is 0.416 e. The van der Waals surface area contributed by atoms with E-state index in [9.17, 15) is 18.0 Å². The molecule has 1 amide bonds. The van der Waals surface area contributed by atoms with Gasteiger partial charge in [-0.05, 0) is 43.2 Å². The standard InChI is InChI=1S/C25H26F3N3O/c26-25(27,28)21-8-4-9-22(18-21)29-14-16-30(17-15-29)23-10-5-13-31(19-23)24(32)12-11-20-6-2-1-3-7-20/h1-4,6-9,18,23H,5,10,13-17,19H2. The molecule has 0 N–H and O–H groups in total. The summed E-state index contributed by atoms with van der Waals surface area (Å²) in [5.74, 6) is 5.54. The van der Waals surface area contributed by atoms with Crippen molar-refractivity contribution in [2.24, 2.45) is 0 Å². The van der Waals surface area contributed by atoms with Gasteiger partial charge >= 0.3 is 6.18 Å². The zero-order valence-electron chi connectivity index (χ0n) is 17.8. The van der Waals surface area contributed by atoms with Crippen molar-refractivity contribution in [1.29, 1.82) is 0 Å². The lowest BCUT2D eigenvalue weighted by Gasteiger charge is -2.43. The largest absolute Gasteiger partial charge is 0.416 e. The Balaban J connectivity index is 1.33. The number of rotatable bonds is 2. The molecule has 0 radical (unpaired) electrons. The molecule has 2 aromatic carbocycles. The van der Waals surface area contributed by atoms with E-state index in [1.165, 1.54) is 12.1 Å². The summed E-state index contributed by atoms with van der Waals surface area (Å²) in [5.41, 5.74) is 0.812. The van der Waals surface area contributed by atoms with Crippen LogP contribution in [0.5, 0.6) is 0 Å². The van der Waals surface area contributed by atoms with E-state index in [0.29, 0.717) is 31.9 Å². The molecule has 0 spiro atoms. The van der Waals surface area contributed by atoms with Crippen molar-refractivity contribution in [2.45, 2.75) is 25.1 Å². The van der Waals surface area contributed by atoms with Crippen molar-refractivity contribution >= 4 is 11.6 Å². The molecule has 0 aromatic heterocycles. The number of benzene rings is 2. The number of alkyl halides is 3. The van der Waals surface area contributed by atoms with Gasteiger partial charge in [0.1, 0.15) is 0 Å². The van der Waals surface area contributed by atoms with Crippen LogP contribution in [0.2, 0.25) is 0 Å². The summed E-state index contributed by atoms with van der Waals surface area (Å²) in [6.07, 6.45) is -2.39. The SMILES string of the molecule is O=C(C#Cc1ccccc1)N1CCCC(N2CCN(c3cccc(C(F)(F)F)c3)CC2)C1. The second-order valence-electron chi connectivity index (χ2n) is 8.23. The predicted molar refractivity (Wildman–Crippen MR) is 118 cm³/mol. The van der Waals surface area contributed by atoms with Gasteiger partial charge in [-0.2, -0.15) is 13.2 Å². The van der Waals surface area contributed by atoms with Crippen molar-refractivity contribution in [1.82, 2.24) is 9.80 Å². The van der Waals surface area contributed by atoms with Crippen molar-refractivity contribution < 1.29 is 18.0 Å². The van der Waals surface area contributed by atoms with Gasteiger partial charge < -0.3 is 9.80 Å². The van der Waals surface area contributed by atoms with Gasteiger partial charge in [-0.3, -0.25) is 9.69 Å². The molecule has 4 rings (SSSR count). The summed E-state index contributed by atoms with van der Waals surface area (Å²) < 4.78 is 39.1. The molecule has 0 saturated carbocycles. The maximum absolute atomic E-state index is 13.0. The first kappa shape index (κ1) is 22.2. The lowest BCUT2D eigenvalue weighted by atomic mass is 10.0. The van der Waals surface area contributed by atoms with E-state index in [1.807, 2.05) is 40.1 Å². The highest BCUT2D eigenvalue weighted by Crippen LogP contribution is 2.32. The Morgan fingerprint density at radius 2 is 1.69 bits per heavy atom. The molecule has 0 bridgehead atoms. The summed E-state index contributed by atoms with van der Waals surface area (Å²) in [4.78, 5) is 18.8. The van der Waals surface area contributed by atoms with Crippen molar-refractivity contribution in [3.05, 3.63) is 65.7 Å². The van der Waals surface area contributed by atoms with Crippen LogP contribution in [0, 0.1) is 11.8 Å². The summed E-state index contributed by atoms with van der Waals surface area (Å²) in [6.45, 7) is 4.21. The monoisotopic (exact) mass is 441 g/mol. The van der Waals surface area contributed by atoms with E-state index < -0.39 is 11.7 Å². The fourth-order valence-electron chi connectivity index (χ4n) is 4.39. The van der Waals surface area contributed by atoms with Gasteiger partial charge in [0.25, 0.3) is 5.91 Å². The molecule has 1 unspecified atom stereocenters. The molecular weight excluding hydrogens is 415 g/mol. The Hall–Kier alpha value is -2.98. The number of hydrogen-bond donors (Lipinski definition) is 0. The first-order chi connectivity index (χ1) is 15.4. The quantitative estimate of drug-likeness (QED) is 0.662. The molecule has 168 valence electrons. The van der Waals surface area contributed by atoms with E-state index in [1.54, 1.807) is 6.07 Å². The highest BCUT2D eigenvalue weighted by Gasteiger charge is 2.32. The van der Waals surface area contributed by atoms with Crippen molar-refractivity contribution in [3.63, 3.8) is 0 Å². The zero-order valence-corrected chi connectivity index (χ0v) is 17.8. The molecule has 2 aliphatic rings. The number of carbonyl (C=O) groups is 1. The van der Waals surface area contributed by atoms with Gasteiger partial charge in [-0.1, -0.05) is 30.2 Å². The fraction of sp³-hybridized carbons (Fsp3) is 0.400. The van der Waals surface area contributed by atoms with Crippen LogP contribution >= 0.6 is 0 Å². The summed E-state index contributed by atoms with van der Waals surface area (Å²) in [6, 6.07) is 15.2. The van der Waals surface area contributed by atoms with Crippen LogP contribution in [0.25, 0.3) is 0 Å². The smallest absolute Gasteiger partial charge is 0.369 e. The number of nitrogens with zero attached hydrogens (tertiary/aromatic N) is 3. The number of hydrogen-bond acceptors (Lipinski definition) is 3. The minimum atomic E-state index is -4.33. The minimum Gasteiger partial charge on any atom is -0.369 e. The number of likely N-dealkylation sites (tertiary alicyclic amines) is 1. The summed E-state index contributed by atoms with van der Waals surface area (Å²) in [7, 11) is 0. The van der Waals surface area contributed by atoms with Crippen LogP contribution in [0.1, 0.15) is 24.0 Å². The Labute approximate surface area is 186 Å². The molecule has 2 saturated heterocycles. The van der Waals surface area contributed by atoms with Crippen molar-refractivity contribution in [2.75, 3.05) is 44.2 Å². The highest BCUT2D eigenvalue weighted by molar-refractivity contribution is 5.94. The van der Waals surface area contributed by atoms with E-state index >= 15 is 0 Å². The normalized spacial score (nSPS) is 19.9. The molecule has 2 aromatic rings. The zero-order chi connectivity index (χ0) is 22.6. The van der Waals surface area contributed by atoms with Gasteiger partial charge in [0, 0.05) is 62.5 Å². The van der Waals surface area contributed by atoms with Crippen LogP contribution in [0.15, 0.2) is 54.6 Å². The number of halogens is 3. The van der Waals surface area contributed by atoms with Gasteiger partial charge in [-0.25, -0.2) is 0 Å². The van der Waals surface area contributed by atoms with Gasteiger partial charge in [0.15, 0.2) is 0 Å². The van der Waals surface area contributed by atoms with Gasteiger partial charge in [0.2, 0.25) is 0 Å². The highest BCUT2D eigenvalue weighted by atomic mass is 19.4. The second-order valence-corrected chi connectivity index (χ2v) is 8.23. The molecular formula is C25H26F3N3O.